The molecule has 2 rings (SSSR count). The summed E-state index contributed by atoms with van der Waals surface area (Å²) in [5, 5.41) is 15.3. The summed E-state index contributed by atoms with van der Waals surface area (Å²) in [6, 6.07) is 7.48. The average Bonchev–Trinajstić information content (AvgIpc) is 2.54. The molecule has 1 fully saturated rings. The molecule has 1 aliphatic carbocycles. The number of anilines is 1. The molecule has 0 aromatic heterocycles. The van der Waals surface area contributed by atoms with Crippen LogP contribution < -0.4 is 10.6 Å². The second-order valence-electron chi connectivity index (χ2n) is 5.94. The van der Waals surface area contributed by atoms with Crippen LogP contribution in [0.1, 0.15) is 44.3 Å². The van der Waals surface area contributed by atoms with Gasteiger partial charge in [-0.3, -0.25) is 0 Å². The van der Waals surface area contributed by atoms with Gasteiger partial charge in [-0.1, -0.05) is 25.0 Å². The van der Waals surface area contributed by atoms with E-state index in [2.05, 4.69) is 10.6 Å². The van der Waals surface area contributed by atoms with Gasteiger partial charge < -0.3 is 20.5 Å². The lowest BCUT2D eigenvalue weighted by Gasteiger charge is -2.30. The second-order valence-corrected chi connectivity index (χ2v) is 5.94. The van der Waals surface area contributed by atoms with Crippen LogP contribution in [0.3, 0.4) is 0 Å². The maximum Gasteiger partial charge on any atom is 0.319 e. The first-order valence-corrected chi connectivity index (χ1v) is 7.95. The summed E-state index contributed by atoms with van der Waals surface area (Å²) < 4.78 is 5.29. The van der Waals surface area contributed by atoms with Gasteiger partial charge in [0.1, 0.15) is 0 Å². The summed E-state index contributed by atoms with van der Waals surface area (Å²) >= 11 is 0. The van der Waals surface area contributed by atoms with Crippen molar-refractivity contribution in [3.05, 3.63) is 29.8 Å². The van der Waals surface area contributed by atoms with Gasteiger partial charge in [0.25, 0.3) is 0 Å². The van der Waals surface area contributed by atoms with Gasteiger partial charge in [-0.25, -0.2) is 4.79 Å². The molecule has 3 N–H and O–H groups in total. The Morgan fingerprint density at radius 2 is 2.18 bits per heavy atom. The molecular weight excluding hydrogens is 280 g/mol. The number of methoxy groups -OCH3 is 1. The lowest BCUT2D eigenvalue weighted by molar-refractivity contribution is 0.119. The fraction of sp³-hybridized carbons (Fsp3) is 0.588. The van der Waals surface area contributed by atoms with Crippen LogP contribution in [0.5, 0.6) is 0 Å². The number of benzene rings is 1. The summed E-state index contributed by atoms with van der Waals surface area (Å²) in [5.41, 5.74) is 1.77. The van der Waals surface area contributed by atoms with Crippen molar-refractivity contribution in [3.8, 4) is 0 Å². The SMILES string of the molecule is CO[C@H](C)c1cccc(NC(=O)N[C@H]2CCCC[C@@H]2CO)c1. The van der Waals surface area contributed by atoms with Gasteiger partial charge in [-0.15, -0.1) is 0 Å². The molecule has 1 aliphatic rings. The number of urea groups is 1. The number of rotatable bonds is 5. The summed E-state index contributed by atoms with van der Waals surface area (Å²) in [6.45, 7) is 2.10. The summed E-state index contributed by atoms with van der Waals surface area (Å²) in [5.74, 6) is 0.166. The largest absolute Gasteiger partial charge is 0.396 e. The highest BCUT2D eigenvalue weighted by molar-refractivity contribution is 5.89. The van der Waals surface area contributed by atoms with Crippen LogP contribution in [-0.2, 0) is 4.74 Å². The Morgan fingerprint density at radius 3 is 2.91 bits per heavy atom. The average molecular weight is 306 g/mol. The highest BCUT2D eigenvalue weighted by atomic mass is 16.5. The number of aliphatic hydroxyl groups excluding tert-OH is 1. The van der Waals surface area contributed by atoms with Crippen LogP contribution in [-0.4, -0.2) is 30.9 Å². The van der Waals surface area contributed by atoms with Gasteiger partial charge in [-0.2, -0.15) is 0 Å². The van der Waals surface area contributed by atoms with Gasteiger partial charge in [0, 0.05) is 31.4 Å². The third kappa shape index (κ3) is 4.45. The van der Waals surface area contributed by atoms with Crippen LogP contribution in [0.25, 0.3) is 0 Å². The molecule has 0 aliphatic heterocycles. The van der Waals surface area contributed by atoms with Crippen LogP contribution in [0.2, 0.25) is 0 Å². The topological polar surface area (TPSA) is 70.6 Å². The molecule has 0 saturated heterocycles. The molecular formula is C17H26N2O3. The number of hydrogen-bond donors (Lipinski definition) is 3. The molecule has 22 heavy (non-hydrogen) atoms. The fourth-order valence-corrected chi connectivity index (χ4v) is 2.96. The molecule has 1 aromatic rings. The lowest BCUT2D eigenvalue weighted by Crippen LogP contribution is -2.45. The number of ether oxygens (including phenoxy) is 1. The number of amides is 2. The van der Waals surface area contributed by atoms with E-state index in [0.717, 1.165) is 36.9 Å². The van der Waals surface area contributed by atoms with E-state index in [1.54, 1.807) is 7.11 Å². The van der Waals surface area contributed by atoms with E-state index in [1.165, 1.54) is 0 Å². The van der Waals surface area contributed by atoms with Gasteiger partial charge >= 0.3 is 6.03 Å². The molecule has 1 saturated carbocycles. The van der Waals surface area contributed by atoms with Gasteiger partial charge in [0.15, 0.2) is 0 Å². The summed E-state index contributed by atoms with van der Waals surface area (Å²) in [7, 11) is 1.66. The Morgan fingerprint density at radius 1 is 1.41 bits per heavy atom. The van der Waals surface area contributed by atoms with E-state index in [-0.39, 0.29) is 30.7 Å². The monoisotopic (exact) mass is 306 g/mol. The molecule has 0 spiro atoms. The van der Waals surface area contributed by atoms with Crippen molar-refractivity contribution in [3.63, 3.8) is 0 Å². The minimum atomic E-state index is -0.215. The molecule has 0 heterocycles. The van der Waals surface area contributed by atoms with Crippen molar-refractivity contribution >= 4 is 11.7 Å². The zero-order valence-corrected chi connectivity index (χ0v) is 13.3. The molecule has 0 bridgehead atoms. The van der Waals surface area contributed by atoms with E-state index in [0.29, 0.717) is 0 Å². The quantitative estimate of drug-likeness (QED) is 0.783. The Bertz CT molecular complexity index is 493. The molecule has 3 atom stereocenters. The van der Waals surface area contributed by atoms with Gasteiger partial charge in [0.05, 0.1) is 6.10 Å². The minimum Gasteiger partial charge on any atom is -0.396 e. The Labute approximate surface area is 132 Å². The standard InChI is InChI=1S/C17H26N2O3/c1-12(22-2)13-7-5-8-15(10-13)18-17(21)19-16-9-4-3-6-14(16)11-20/h5,7-8,10,12,14,16,20H,3-4,6,9,11H2,1-2H3,(H2,18,19,21)/t12-,14-,16+/m1/s1. The Kier molecular flexibility index (Phi) is 6.21. The lowest BCUT2D eigenvalue weighted by atomic mass is 9.85. The van der Waals surface area contributed by atoms with E-state index in [4.69, 9.17) is 4.74 Å². The maximum absolute atomic E-state index is 12.2. The van der Waals surface area contributed by atoms with Crippen molar-refractivity contribution in [2.45, 2.75) is 44.8 Å². The Balaban J connectivity index is 1.94. The third-order valence-corrected chi connectivity index (χ3v) is 4.43. The molecule has 1 aromatic carbocycles. The first-order chi connectivity index (χ1) is 10.6. The first-order valence-electron chi connectivity index (χ1n) is 7.95. The summed E-state index contributed by atoms with van der Waals surface area (Å²) in [4.78, 5) is 12.2. The smallest absolute Gasteiger partial charge is 0.319 e. The van der Waals surface area contributed by atoms with Crippen molar-refractivity contribution < 1.29 is 14.6 Å². The van der Waals surface area contributed by atoms with Gasteiger partial charge in [0.2, 0.25) is 0 Å². The zero-order chi connectivity index (χ0) is 15.9. The molecule has 5 heteroatoms. The molecule has 2 amide bonds. The molecule has 0 unspecified atom stereocenters. The van der Waals surface area contributed by atoms with Gasteiger partial charge in [-0.05, 0) is 37.5 Å². The number of hydrogen-bond acceptors (Lipinski definition) is 3. The van der Waals surface area contributed by atoms with Crippen LogP contribution in [0.15, 0.2) is 24.3 Å². The van der Waals surface area contributed by atoms with E-state index in [9.17, 15) is 9.90 Å². The minimum absolute atomic E-state index is 0.0121. The highest BCUT2D eigenvalue weighted by Gasteiger charge is 2.25. The number of aliphatic hydroxyl groups is 1. The second kappa shape index (κ2) is 8.15. The van der Waals surface area contributed by atoms with Crippen molar-refractivity contribution in [1.29, 1.82) is 0 Å². The van der Waals surface area contributed by atoms with E-state index >= 15 is 0 Å². The third-order valence-electron chi connectivity index (χ3n) is 4.43. The predicted molar refractivity (Wildman–Crippen MR) is 86.9 cm³/mol. The maximum atomic E-state index is 12.2. The molecule has 122 valence electrons. The van der Waals surface area contributed by atoms with Crippen LogP contribution in [0.4, 0.5) is 10.5 Å². The first kappa shape index (κ1) is 16.8. The van der Waals surface area contributed by atoms with E-state index < -0.39 is 0 Å². The van der Waals surface area contributed by atoms with Crippen LogP contribution >= 0.6 is 0 Å². The van der Waals surface area contributed by atoms with Crippen molar-refractivity contribution in [2.75, 3.05) is 19.0 Å². The fourth-order valence-electron chi connectivity index (χ4n) is 2.96. The highest BCUT2D eigenvalue weighted by Crippen LogP contribution is 2.24. The summed E-state index contributed by atoms with van der Waals surface area (Å²) in [6.07, 6.45) is 4.12. The molecule has 5 nitrogen and oxygen atoms in total. The van der Waals surface area contributed by atoms with Crippen molar-refractivity contribution in [1.82, 2.24) is 5.32 Å². The van der Waals surface area contributed by atoms with Crippen LogP contribution in [0, 0.1) is 5.92 Å². The normalized spacial score (nSPS) is 22.9. The molecule has 0 radical (unpaired) electrons. The zero-order valence-electron chi connectivity index (χ0n) is 13.3. The van der Waals surface area contributed by atoms with Crippen molar-refractivity contribution in [2.24, 2.45) is 5.92 Å². The number of carbonyl (C=O) groups is 1. The number of nitrogens with one attached hydrogen (secondary N) is 2. The Hall–Kier alpha value is -1.59. The number of carbonyl (C=O) groups excluding carboxylic acids is 1. The van der Waals surface area contributed by atoms with E-state index in [1.807, 2.05) is 31.2 Å². The predicted octanol–water partition coefficient (Wildman–Crippen LogP) is 3.07.